The van der Waals surface area contributed by atoms with Gasteiger partial charge in [0.05, 0.1) is 7.11 Å². The van der Waals surface area contributed by atoms with Crippen LogP contribution in [0, 0.1) is 6.92 Å². The highest BCUT2D eigenvalue weighted by Gasteiger charge is 2.21. The van der Waals surface area contributed by atoms with Crippen molar-refractivity contribution in [3.63, 3.8) is 0 Å². The third-order valence-electron chi connectivity index (χ3n) is 2.99. The minimum atomic E-state index is -3.70. The topological polar surface area (TPSA) is 92.7 Å². The molecule has 7 heteroatoms. The van der Waals surface area contributed by atoms with Crippen LogP contribution in [0.1, 0.15) is 31.7 Å². The minimum absolute atomic E-state index is 0.0276. The van der Waals surface area contributed by atoms with E-state index in [2.05, 4.69) is 4.72 Å². The molecule has 0 fully saturated rings. The minimum Gasteiger partial charge on any atom is -0.495 e. The summed E-state index contributed by atoms with van der Waals surface area (Å²) < 4.78 is 32.4. The monoisotopic (exact) mass is 315 g/mol. The maximum Gasteiger partial charge on any atom is 0.303 e. The van der Waals surface area contributed by atoms with Crippen molar-refractivity contribution in [2.24, 2.45) is 0 Å². The molecule has 1 aromatic rings. The Morgan fingerprint density at radius 2 is 2.10 bits per heavy atom. The lowest BCUT2D eigenvalue weighted by Crippen LogP contribution is -2.33. The van der Waals surface area contributed by atoms with Crippen LogP contribution in [0.2, 0.25) is 0 Å². The Morgan fingerprint density at radius 1 is 1.43 bits per heavy atom. The van der Waals surface area contributed by atoms with Gasteiger partial charge in [0.1, 0.15) is 10.6 Å². The molecule has 1 aromatic carbocycles. The number of benzene rings is 1. The van der Waals surface area contributed by atoms with E-state index in [1.54, 1.807) is 32.0 Å². The highest BCUT2D eigenvalue weighted by atomic mass is 32.2. The SMILES string of the molecule is COc1ccc(C)cc1S(=O)(=O)NC(C)CCCC(=O)O. The number of aliphatic carboxylic acids is 1. The Labute approximate surface area is 125 Å². The fourth-order valence-electron chi connectivity index (χ4n) is 1.94. The fourth-order valence-corrected chi connectivity index (χ4v) is 3.47. The molecule has 118 valence electrons. The Kier molecular flexibility index (Phi) is 6.17. The quantitative estimate of drug-likeness (QED) is 0.764. The number of hydrogen-bond acceptors (Lipinski definition) is 4. The van der Waals surface area contributed by atoms with Gasteiger partial charge < -0.3 is 9.84 Å². The number of aryl methyl sites for hydroxylation is 1. The molecule has 0 saturated carbocycles. The molecule has 0 saturated heterocycles. The molecule has 0 heterocycles. The molecule has 6 nitrogen and oxygen atoms in total. The summed E-state index contributed by atoms with van der Waals surface area (Å²) in [5.41, 5.74) is 0.815. The molecule has 1 rings (SSSR count). The molecule has 0 bridgehead atoms. The van der Waals surface area contributed by atoms with Crippen molar-refractivity contribution in [1.82, 2.24) is 4.72 Å². The van der Waals surface area contributed by atoms with Gasteiger partial charge in [-0.05, 0) is 44.4 Å². The normalized spacial score (nSPS) is 12.9. The molecule has 0 spiro atoms. The summed E-state index contributed by atoms with van der Waals surface area (Å²) in [6.45, 7) is 3.51. The van der Waals surface area contributed by atoms with Gasteiger partial charge in [0.25, 0.3) is 0 Å². The summed E-state index contributed by atoms with van der Waals surface area (Å²) in [4.78, 5) is 10.5. The van der Waals surface area contributed by atoms with Gasteiger partial charge >= 0.3 is 5.97 Å². The molecule has 0 amide bonds. The zero-order chi connectivity index (χ0) is 16.0. The lowest BCUT2D eigenvalue weighted by Gasteiger charge is -2.16. The van der Waals surface area contributed by atoms with Gasteiger partial charge in [0.2, 0.25) is 10.0 Å². The molecule has 2 N–H and O–H groups in total. The summed E-state index contributed by atoms with van der Waals surface area (Å²) in [5, 5.41) is 8.58. The van der Waals surface area contributed by atoms with Crippen molar-refractivity contribution in [3.05, 3.63) is 23.8 Å². The van der Waals surface area contributed by atoms with Crippen molar-refractivity contribution < 1.29 is 23.1 Å². The van der Waals surface area contributed by atoms with E-state index < -0.39 is 16.0 Å². The van der Waals surface area contributed by atoms with Crippen molar-refractivity contribution in [2.75, 3.05) is 7.11 Å². The van der Waals surface area contributed by atoms with Crippen LogP contribution in [0.3, 0.4) is 0 Å². The molecule has 0 aliphatic rings. The summed E-state index contributed by atoms with van der Waals surface area (Å²) in [5.74, 6) is -0.601. The Morgan fingerprint density at radius 3 is 2.67 bits per heavy atom. The maximum absolute atomic E-state index is 12.4. The van der Waals surface area contributed by atoms with Crippen LogP contribution in [-0.2, 0) is 14.8 Å². The highest BCUT2D eigenvalue weighted by molar-refractivity contribution is 7.89. The first-order valence-electron chi connectivity index (χ1n) is 6.65. The van der Waals surface area contributed by atoms with Crippen molar-refractivity contribution in [2.45, 2.75) is 44.0 Å². The molecule has 1 unspecified atom stereocenters. The Bertz CT molecular complexity index is 597. The van der Waals surface area contributed by atoms with Crippen LogP contribution < -0.4 is 9.46 Å². The number of carbonyl (C=O) groups is 1. The standard InChI is InChI=1S/C14H21NO5S/c1-10-7-8-12(20-3)13(9-10)21(18,19)15-11(2)5-4-6-14(16)17/h7-9,11,15H,4-6H2,1-3H3,(H,16,17). The molecule has 21 heavy (non-hydrogen) atoms. The number of nitrogens with one attached hydrogen (secondary N) is 1. The third kappa shape index (κ3) is 5.35. The van der Waals surface area contributed by atoms with Crippen molar-refractivity contribution in [3.8, 4) is 5.75 Å². The summed E-state index contributed by atoms with van der Waals surface area (Å²) in [6.07, 6.45) is 0.906. The number of carboxylic acid groups (broad SMARTS) is 1. The van der Waals surface area contributed by atoms with Crippen molar-refractivity contribution >= 4 is 16.0 Å². The second kappa shape index (κ2) is 7.42. The van der Waals surface area contributed by atoms with Crippen LogP contribution in [0.4, 0.5) is 0 Å². The molecule has 1 atom stereocenters. The largest absolute Gasteiger partial charge is 0.495 e. The fraction of sp³-hybridized carbons (Fsp3) is 0.500. The van der Waals surface area contributed by atoms with E-state index in [4.69, 9.17) is 9.84 Å². The molecule has 0 radical (unpaired) electrons. The molecular formula is C14H21NO5S. The number of sulfonamides is 1. The first kappa shape index (κ1) is 17.5. The number of hydrogen-bond donors (Lipinski definition) is 2. The molecule has 0 aromatic heterocycles. The number of methoxy groups -OCH3 is 1. The molecule has 0 aliphatic carbocycles. The maximum atomic E-state index is 12.4. The lowest BCUT2D eigenvalue weighted by atomic mass is 10.1. The van der Waals surface area contributed by atoms with E-state index in [-0.39, 0.29) is 23.1 Å². The molecule has 0 aliphatic heterocycles. The van der Waals surface area contributed by atoms with E-state index in [9.17, 15) is 13.2 Å². The zero-order valence-electron chi connectivity index (χ0n) is 12.4. The third-order valence-corrected chi connectivity index (χ3v) is 4.60. The van der Waals surface area contributed by atoms with Crippen molar-refractivity contribution in [1.29, 1.82) is 0 Å². The average molecular weight is 315 g/mol. The average Bonchev–Trinajstić information content (AvgIpc) is 2.37. The number of carboxylic acids is 1. The molecular weight excluding hydrogens is 294 g/mol. The van der Waals surface area contributed by atoms with Crippen LogP contribution >= 0.6 is 0 Å². The van der Waals surface area contributed by atoms with Crippen LogP contribution in [-0.4, -0.2) is 32.6 Å². The first-order chi connectivity index (χ1) is 9.76. The lowest BCUT2D eigenvalue weighted by molar-refractivity contribution is -0.137. The van der Waals surface area contributed by atoms with Gasteiger partial charge in [0, 0.05) is 12.5 Å². The first-order valence-corrected chi connectivity index (χ1v) is 8.13. The van der Waals surface area contributed by atoms with Crippen LogP contribution in [0.25, 0.3) is 0 Å². The summed E-state index contributed by atoms with van der Waals surface area (Å²) in [7, 11) is -2.28. The summed E-state index contributed by atoms with van der Waals surface area (Å²) >= 11 is 0. The van der Waals surface area contributed by atoms with Gasteiger partial charge in [-0.25, -0.2) is 13.1 Å². The predicted octanol–water partition coefficient (Wildman–Crippen LogP) is 1.93. The van der Waals surface area contributed by atoms with E-state index >= 15 is 0 Å². The van der Waals surface area contributed by atoms with Gasteiger partial charge in [-0.3, -0.25) is 4.79 Å². The second-order valence-corrected chi connectivity index (χ2v) is 6.65. The Hall–Kier alpha value is -1.60. The number of rotatable bonds is 8. The van der Waals surface area contributed by atoms with E-state index in [1.807, 2.05) is 0 Å². The van der Waals surface area contributed by atoms with Gasteiger partial charge in [-0.1, -0.05) is 6.07 Å². The van der Waals surface area contributed by atoms with Gasteiger partial charge in [0.15, 0.2) is 0 Å². The highest BCUT2D eigenvalue weighted by Crippen LogP contribution is 2.25. The van der Waals surface area contributed by atoms with E-state index in [0.29, 0.717) is 12.8 Å². The van der Waals surface area contributed by atoms with Crippen LogP contribution in [0.15, 0.2) is 23.1 Å². The second-order valence-electron chi connectivity index (χ2n) is 4.96. The van der Waals surface area contributed by atoms with Crippen LogP contribution in [0.5, 0.6) is 5.75 Å². The van der Waals surface area contributed by atoms with E-state index in [1.165, 1.54) is 7.11 Å². The zero-order valence-corrected chi connectivity index (χ0v) is 13.2. The number of ether oxygens (including phenoxy) is 1. The van der Waals surface area contributed by atoms with Gasteiger partial charge in [-0.15, -0.1) is 0 Å². The van der Waals surface area contributed by atoms with Gasteiger partial charge in [-0.2, -0.15) is 0 Å². The smallest absolute Gasteiger partial charge is 0.303 e. The predicted molar refractivity (Wildman–Crippen MR) is 79.0 cm³/mol. The summed E-state index contributed by atoms with van der Waals surface area (Å²) in [6, 6.07) is 4.58. The Balaban J connectivity index is 2.81. The van der Waals surface area contributed by atoms with E-state index in [0.717, 1.165) is 5.56 Å².